The zero-order valence-electron chi connectivity index (χ0n) is 15.7. The molecule has 2 aliphatic heterocycles. The molecule has 0 aliphatic carbocycles. The van der Waals surface area contributed by atoms with Gasteiger partial charge in [-0.2, -0.15) is 0 Å². The molecular formula is C20H24N4O4. The van der Waals surface area contributed by atoms with Crippen LogP contribution < -0.4 is 5.32 Å². The largest absolute Gasteiger partial charge is 0.459 e. The Morgan fingerprint density at radius 2 is 2.07 bits per heavy atom. The Bertz CT molecular complexity index is 817. The van der Waals surface area contributed by atoms with Gasteiger partial charge in [-0.15, -0.1) is 0 Å². The number of nitrogens with one attached hydrogen (secondary N) is 1. The van der Waals surface area contributed by atoms with Crippen molar-refractivity contribution < 1.29 is 18.7 Å². The summed E-state index contributed by atoms with van der Waals surface area (Å²) < 4.78 is 10.6. The van der Waals surface area contributed by atoms with Crippen LogP contribution in [0, 0.1) is 0 Å². The molecule has 1 saturated heterocycles. The molecule has 2 aliphatic rings. The lowest BCUT2D eigenvalue weighted by molar-refractivity contribution is -0.123. The molecule has 1 fully saturated rings. The standard InChI is InChI=1S/C20H24N4O4/c25-19(22-6-7-23-8-11-27-12-9-23)16-14-24(20(26)17-4-2-10-28-17)13-15-3-1-5-21-18(15)16/h1-5,10,16H,6-9,11-14H2,(H,22,25). The quantitative estimate of drug-likeness (QED) is 0.823. The molecule has 4 rings (SSSR count). The highest BCUT2D eigenvalue weighted by Gasteiger charge is 2.34. The summed E-state index contributed by atoms with van der Waals surface area (Å²) in [5, 5.41) is 3.01. The van der Waals surface area contributed by atoms with Crippen LogP contribution >= 0.6 is 0 Å². The van der Waals surface area contributed by atoms with Crippen LogP contribution in [0.4, 0.5) is 0 Å². The van der Waals surface area contributed by atoms with Gasteiger partial charge >= 0.3 is 0 Å². The third-order valence-electron chi connectivity index (χ3n) is 5.19. The number of fused-ring (bicyclic) bond motifs is 1. The zero-order valence-corrected chi connectivity index (χ0v) is 15.7. The van der Waals surface area contributed by atoms with Gasteiger partial charge in [0.2, 0.25) is 5.91 Å². The summed E-state index contributed by atoms with van der Waals surface area (Å²) in [6.07, 6.45) is 3.17. The second-order valence-electron chi connectivity index (χ2n) is 7.01. The van der Waals surface area contributed by atoms with Crippen LogP contribution in [0.3, 0.4) is 0 Å². The summed E-state index contributed by atoms with van der Waals surface area (Å²) in [4.78, 5) is 34.0. The lowest BCUT2D eigenvalue weighted by Crippen LogP contribution is -2.46. The minimum absolute atomic E-state index is 0.106. The summed E-state index contributed by atoms with van der Waals surface area (Å²) >= 11 is 0. The van der Waals surface area contributed by atoms with Crippen molar-refractivity contribution in [3.63, 3.8) is 0 Å². The van der Waals surface area contributed by atoms with Gasteiger partial charge in [-0.1, -0.05) is 6.07 Å². The minimum atomic E-state index is -0.492. The maximum absolute atomic E-state index is 12.9. The van der Waals surface area contributed by atoms with Crippen LogP contribution in [0.15, 0.2) is 41.1 Å². The fraction of sp³-hybridized carbons (Fsp3) is 0.450. The van der Waals surface area contributed by atoms with Gasteiger partial charge in [-0.05, 0) is 23.8 Å². The Morgan fingerprint density at radius 1 is 1.21 bits per heavy atom. The molecular weight excluding hydrogens is 360 g/mol. The van der Waals surface area contributed by atoms with Crippen LogP contribution in [0.5, 0.6) is 0 Å². The average Bonchev–Trinajstić information content (AvgIpc) is 3.28. The van der Waals surface area contributed by atoms with Gasteiger partial charge in [0, 0.05) is 45.5 Å². The molecule has 2 amide bonds. The van der Waals surface area contributed by atoms with Crippen LogP contribution in [-0.4, -0.2) is 72.5 Å². The van der Waals surface area contributed by atoms with E-state index in [2.05, 4.69) is 15.2 Å². The summed E-state index contributed by atoms with van der Waals surface area (Å²) in [5.74, 6) is -0.539. The molecule has 4 heterocycles. The summed E-state index contributed by atoms with van der Waals surface area (Å²) in [5.41, 5.74) is 1.64. The molecule has 2 aromatic rings. The number of morpholine rings is 1. The summed E-state index contributed by atoms with van der Waals surface area (Å²) in [7, 11) is 0. The monoisotopic (exact) mass is 384 g/mol. The van der Waals surface area contributed by atoms with E-state index >= 15 is 0 Å². The minimum Gasteiger partial charge on any atom is -0.459 e. The van der Waals surface area contributed by atoms with Crippen molar-refractivity contribution in [2.24, 2.45) is 0 Å². The molecule has 2 aromatic heterocycles. The van der Waals surface area contributed by atoms with Crippen molar-refractivity contribution in [2.75, 3.05) is 45.9 Å². The molecule has 1 unspecified atom stereocenters. The van der Waals surface area contributed by atoms with Gasteiger partial charge < -0.3 is 19.4 Å². The maximum Gasteiger partial charge on any atom is 0.289 e. The van der Waals surface area contributed by atoms with Gasteiger partial charge in [0.15, 0.2) is 5.76 Å². The third kappa shape index (κ3) is 4.07. The van der Waals surface area contributed by atoms with Gasteiger partial charge in [0.25, 0.3) is 5.91 Å². The van der Waals surface area contributed by atoms with Gasteiger partial charge in [0.1, 0.15) is 0 Å². The first-order valence-electron chi connectivity index (χ1n) is 9.57. The van der Waals surface area contributed by atoms with E-state index in [0.717, 1.165) is 44.1 Å². The highest BCUT2D eigenvalue weighted by Crippen LogP contribution is 2.27. The molecule has 148 valence electrons. The first-order chi connectivity index (χ1) is 13.7. The number of nitrogens with zero attached hydrogens (tertiary/aromatic N) is 3. The zero-order chi connectivity index (χ0) is 19.3. The van der Waals surface area contributed by atoms with Crippen molar-refractivity contribution in [1.29, 1.82) is 0 Å². The Labute approximate surface area is 163 Å². The highest BCUT2D eigenvalue weighted by atomic mass is 16.5. The SMILES string of the molecule is O=C(NCCN1CCOCC1)C1CN(C(=O)c2ccco2)Cc2cccnc21. The Morgan fingerprint density at radius 3 is 2.86 bits per heavy atom. The van der Waals surface area contributed by atoms with Gasteiger partial charge in [-0.3, -0.25) is 19.5 Å². The maximum atomic E-state index is 12.9. The van der Waals surface area contributed by atoms with Crippen LogP contribution in [-0.2, 0) is 16.1 Å². The summed E-state index contributed by atoms with van der Waals surface area (Å²) in [6.45, 7) is 5.28. The van der Waals surface area contributed by atoms with E-state index in [1.807, 2.05) is 12.1 Å². The number of hydrogen-bond acceptors (Lipinski definition) is 6. The Hall–Kier alpha value is -2.71. The highest BCUT2D eigenvalue weighted by molar-refractivity contribution is 5.93. The lowest BCUT2D eigenvalue weighted by Gasteiger charge is -2.33. The molecule has 8 nitrogen and oxygen atoms in total. The number of rotatable bonds is 5. The van der Waals surface area contributed by atoms with E-state index in [4.69, 9.17) is 9.15 Å². The molecule has 1 N–H and O–H groups in total. The van der Waals surface area contributed by atoms with Crippen LogP contribution in [0.1, 0.15) is 27.7 Å². The van der Waals surface area contributed by atoms with E-state index in [1.165, 1.54) is 6.26 Å². The van der Waals surface area contributed by atoms with Crippen molar-refractivity contribution in [3.8, 4) is 0 Å². The van der Waals surface area contributed by atoms with Gasteiger partial charge in [-0.25, -0.2) is 0 Å². The van der Waals surface area contributed by atoms with Crippen molar-refractivity contribution in [2.45, 2.75) is 12.5 Å². The first-order valence-corrected chi connectivity index (χ1v) is 9.57. The fourth-order valence-corrected chi connectivity index (χ4v) is 3.68. The van der Waals surface area contributed by atoms with Gasteiger partial charge in [0.05, 0.1) is 31.1 Å². The Balaban J connectivity index is 1.43. The predicted octanol–water partition coefficient (Wildman–Crippen LogP) is 0.863. The van der Waals surface area contributed by atoms with Crippen molar-refractivity contribution in [1.82, 2.24) is 20.1 Å². The fourth-order valence-electron chi connectivity index (χ4n) is 3.68. The number of hydrogen-bond donors (Lipinski definition) is 1. The number of carbonyl (C=O) groups excluding carboxylic acids is 2. The molecule has 8 heteroatoms. The number of ether oxygens (including phenoxy) is 1. The normalized spacial score (nSPS) is 19.9. The van der Waals surface area contributed by atoms with Crippen molar-refractivity contribution in [3.05, 3.63) is 53.7 Å². The smallest absolute Gasteiger partial charge is 0.289 e. The third-order valence-corrected chi connectivity index (χ3v) is 5.19. The molecule has 0 saturated carbocycles. The average molecular weight is 384 g/mol. The number of amides is 2. The van der Waals surface area contributed by atoms with E-state index in [1.54, 1.807) is 23.2 Å². The second kappa shape index (κ2) is 8.53. The number of furan rings is 1. The van der Waals surface area contributed by atoms with Crippen LogP contribution in [0.25, 0.3) is 0 Å². The number of carbonyl (C=O) groups is 2. The number of pyridine rings is 1. The second-order valence-corrected chi connectivity index (χ2v) is 7.01. The predicted molar refractivity (Wildman–Crippen MR) is 101 cm³/mol. The Kier molecular flexibility index (Phi) is 5.68. The van der Waals surface area contributed by atoms with E-state index < -0.39 is 5.92 Å². The molecule has 0 bridgehead atoms. The van der Waals surface area contributed by atoms with E-state index in [0.29, 0.717) is 13.1 Å². The topological polar surface area (TPSA) is 87.9 Å². The lowest BCUT2D eigenvalue weighted by atomic mass is 9.93. The molecule has 0 spiro atoms. The molecule has 0 radical (unpaired) electrons. The molecule has 28 heavy (non-hydrogen) atoms. The molecule has 1 atom stereocenters. The summed E-state index contributed by atoms with van der Waals surface area (Å²) in [6, 6.07) is 7.06. The van der Waals surface area contributed by atoms with E-state index in [-0.39, 0.29) is 24.1 Å². The number of aromatic nitrogens is 1. The van der Waals surface area contributed by atoms with E-state index in [9.17, 15) is 9.59 Å². The molecule has 0 aromatic carbocycles. The van der Waals surface area contributed by atoms with Crippen LogP contribution in [0.2, 0.25) is 0 Å². The van der Waals surface area contributed by atoms with Crippen molar-refractivity contribution >= 4 is 11.8 Å². The first kappa shape index (κ1) is 18.6.